The molecule has 3 aromatic rings. The van der Waals surface area contributed by atoms with Crippen LogP contribution < -0.4 is 0 Å². The van der Waals surface area contributed by atoms with Crippen LogP contribution in [0.15, 0.2) is 48.4 Å². The number of aromatic nitrogens is 2. The molecule has 1 aromatic heterocycles. The van der Waals surface area contributed by atoms with E-state index in [1.54, 1.807) is 0 Å². The number of benzene rings is 2. The first-order chi connectivity index (χ1) is 18.2. The molecule has 0 unspecified atom stereocenters. The van der Waals surface area contributed by atoms with Crippen molar-refractivity contribution in [3.8, 4) is 28.6 Å². The number of nitriles is 1. The molecule has 0 aliphatic carbocycles. The van der Waals surface area contributed by atoms with Crippen LogP contribution >= 0.6 is 0 Å². The van der Waals surface area contributed by atoms with E-state index in [0.29, 0.717) is 5.56 Å². The van der Waals surface area contributed by atoms with Gasteiger partial charge in [0.15, 0.2) is 5.78 Å². The van der Waals surface area contributed by atoms with Crippen molar-refractivity contribution in [2.24, 2.45) is 10.8 Å². The van der Waals surface area contributed by atoms with Crippen LogP contribution in [0.5, 0.6) is 0 Å². The summed E-state index contributed by atoms with van der Waals surface area (Å²) in [6.45, 7) is 23.8. The number of carbonyl (C=O) groups is 1. The second kappa shape index (κ2) is 13.7. The number of allylic oxidation sites excluding steroid dienone is 2. The van der Waals surface area contributed by atoms with Crippen molar-refractivity contribution in [2.45, 2.75) is 88.5 Å². The largest absolute Gasteiger partial charge is 0.512 e. The molecule has 1 heterocycles. The Morgan fingerprint density at radius 3 is 2.02 bits per heavy atom. The van der Waals surface area contributed by atoms with Crippen molar-refractivity contribution in [3.05, 3.63) is 82.4 Å². The van der Waals surface area contributed by atoms with E-state index in [1.165, 1.54) is 11.6 Å². The van der Waals surface area contributed by atoms with E-state index in [4.69, 9.17) is 15.2 Å². The molecule has 2 aromatic carbocycles. The van der Waals surface area contributed by atoms with Crippen molar-refractivity contribution in [1.29, 1.82) is 5.26 Å². The molecule has 0 saturated heterocycles. The van der Waals surface area contributed by atoms with Gasteiger partial charge in [-0.15, -0.1) is 34.9 Å². The summed E-state index contributed by atoms with van der Waals surface area (Å²) in [5.74, 6) is 0.104. The molecule has 6 heteroatoms. The molecule has 0 aliphatic heterocycles. The Bertz CT molecular complexity index is 1460. The SMILES string of the molecule is CC(C)(C)C(=O)/C=C(\O)C(C)(C)C.Cc1[c-]c(-c2ncc(-c3ccc(C#N)cc3C)nc2C)cc(C(C)(C)C)c1.[Ir]. The Labute approximate surface area is 260 Å². The van der Waals surface area contributed by atoms with Crippen LogP contribution in [0.1, 0.15) is 90.3 Å². The summed E-state index contributed by atoms with van der Waals surface area (Å²) in [6.07, 6.45) is 3.14. The average Bonchev–Trinajstić information content (AvgIpc) is 2.82. The summed E-state index contributed by atoms with van der Waals surface area (Å²) in [7, 11) is 0. The van der Waals surface area contributed by atoms with Crippen molar-refractivity contribution >= 4 is 5.78 Å². The van der Waals surface area contributed by atoms with Gasteiger partial charge in [-0.2, -0.15) is 5.26 Å². The number of hydrogen-bond acceptors (Lipinski definition) is 5. The fraction of sp³-hybridized carbons (Fsp3) is 0.429. The van der Waals surface area contributed by atoms with Gasteiger partial charge in [0.2, 0.25) is 0 Å². The Morgan fingerprint density at radius 2 is 1.56 bits per heavy atom. The van der Waals surface area contributed by atoms with Gasteiger partial charge in [0, 0.05) is 60.2 Å². The van der Waals surface area contributed by atoms with Crippen LogP contribution in [-0.4, -0.2) is 20.9 Å². The van der Waals surface area contributed by atoms with Gasteiger partial charge in [-0.1, -0.05) is 75.3 Å². The third kappa shape index (κ3) is 10.0. The summed E-state index contributed by atoms with van der Waals surface area (Å²) in [6, 6.07) is 15.6. The molecule has 0 aliphatic rings. The number of aliphatic hydroxyl groups is 1. The van der Waals surface area contributed by atoms with E-state index in [2.05, 4.69) is 52.0 Å². The van der Waals surface area contributed by atoms with Crippen LogP contribution in [0.25, 0.3) is 22.5 Å². The Hall–Kier alpha value is -3.13. The summed E-state index contributed by atoms with van der Waals surface area (Å²) in [4.78, 5) is 21.0. The van der Waals surface area contributed by atoms with Crippen LogP contribution in [0.4, 0.5) is 0 Å². The Morgan fingerprint density at radius 1 is 0.951 bits per heavy atom. The fourth-order valence-electron chi connectivity index (χ4n) is 3.73. The van der Waals surface area contributed by atoms with E-state index in [9.17, 15) is 9.90 Å². The van der Waals surface area contributed by atoms with Gasteiger partial charge >= 0.3 is 0 Å². The van der Waals surface area contributed by atoms with Crippen molar-refractivity contribution in [1.82, 2.24) is 9.97 Å². The van der Waals surface area contributed by atoms with Gasteiger partial charge in [-0.25, -0.2) is 0 Å². The summed E-state index contributed by atoms with van der Waals surface area (Å²) in [5, 5.41) is 18.6. The third-order valence-corrected chi connectivity index (χ3v) is 6.48. The van der Waals surface area contributed by atoms with Crippen LogP contribution in [0.2, 0.25) is 0 Å². The molecule has 41 heavy (non-hydrogen) atoms. The van der Waals surface area contributed by atoms with E-state index in [-0.39, 0.29) is 42.5 Å². The average molecular weight is 731 g/mol. The molecule has 0 amide bonds. The maximum Gasteiger partial charge on any atom is 0.164 e. The van der Waals surface area contributed by atoms with Crippen LogP contribution in [0, 0.1) is 49.0 Å². The molecular weight excluding hydrogens is 687 g/mol. The first-order valence-electron chi connectivity index (χ1n) is 13.6. The molecule has 1 N–H and O–H groups in total. The number of carbonyl (C=O) groups excluding carboxylic acids is 1. The van der Waals surface area contributed by atoms with Gasteiger partial charge in [-0.3, -0.25) is 9.78 Å². The number of aryl methyl sites for hydroxylation is 3. The van der Waals surface area contributed by atoms with E-state index in [1.807, 2.05) is 79.8 Å². The molecule has 0 spiro atoms. The maximum absolute atomic E-state index is 11.5. The normalized spacial score (nSPS) is 12.0. The molecule has 221 valence electrons. The first-order valence-corrected chi connectivity index (χ1v) is 13.6. The van der Waals surface area contributed by atoms with Crippen molar-refractivity contribution < 1.29 is 30.0 Å². The van der Waals surface area contributed by atoms with Gasteiger partial charge in [-0.05, 0) is 37.0 Å². The number of aliphatic hydroxyl groups excluding tert-OH is 1. The quantitative estimate of drug-likeness (QED) is 0.166. The maximum atomic E-state index is 11.5. The fourth-order valence-corrected chi connectivity index (χ4v) is 3.73. The topological polar surface area (TPSA) is 86.9 Å². The zero-order valence-electron chi connectivity index (χ0n) is 26.6. The smallest absolute Gasteiger partial charge is 0.164 e. The molecule has 5 nitrogen and oxygen atoms in total. The molecule has 0 bridgehead atoms. The van der Waals surface area contributed by atoms with E-state index < -0.39 is 5.41 Å². The summed E-state index contributed by atoms with van der Waals surface area (Å²) < 4.78 is 0. The van der Waals surface area contributed by atoms with Crippen LogP contribution in [-0.2, 0) is 30.3 Å². The van der Waals surface area contributed by atoms with Gasteiger partial charge in [0.1, 0.15) is 5.76 Å². The number of rotatable bonds is 3. The number of ketones is 1. The second-order valence-corrected chi connectivity index (χ2v) is 13.4. The van der Waals surface area contributed by atoms with Crippen molar-refractivity contribution in [2.75, 3.05) is 0 Å². The predicted octanol–water partition coefficient (Wildman–Crippen LogP) is 8.79. The molecular formula is C35H44IrN3O2-. The standard InChI is InChI=1S/C24H24N3.C11H20O2.Ir/c1-15-9-19(12-20(10-15)24(4,5)6)23-17(3)27-22(14-26-23)21-8-7-18(13-25)11-16(21)2;1-10(2,3)8(12)7-9(13)11(4,5)6;/h7-8,10-12,14H,1-6H3;7,12H,1-6H3;/q-1;;/b;8-7-;. The summed E-state index contributed by atoms with van der Waals surface area (Å²) in [5.41, 5.74) is 7.88. The first kappa shape index (κ1) is 35.9. The molecule has 0 saturated carbocycles. The number of nitrogens with zero attached hydrogens (tertiary/aromatic N) is 3. The van der Waals surface area contributed by atoms with E-state index >= 15 is 0 Å². The number of hydrogen-bond donors (Lipinski definition) is 1. The zero-order valence-corrected chi connectivity index (χ0v) is 29.0. The van der Waals surface area contributed by atoms with Gasteiger partial charge < -0.3 is 10.1 Å². The van der Waals surface area contributed by atoms with Gasteiger partial charge in [0.05, 0.1) is 17.3 Å². The Kier molecular flexibility index (Phi) is 12.0. The summed E-state index contributed by atoms with van der Waals surface area (Å²) >= 11 is 0. The molecule has 0 atom stereocenters. The minimum Gasteiger partial charge on any atom is -0.512 e. The third-order valence-electron chi connectivity index (χ3n) is 6.48. The minimum atomic E-state index is -0.417. The molecule has 1 radical (unpaired) electrons. The second-order valence-electron chi connectivity index (χ2n) is 13.4. The zero-order chi connectivity index (χ0) is 30.6. The Balaban J connectivity index is 0.000000512. The minimum absolute atomic E-state index is 0. The molecule has 0 fully saturated rings. The van der Waals surface area contributed by atoms with Crippen LogP contribution in [0.3, 0.4) is 0 Å². The van der Waals surface area contributed by atoms with Crippen molar-refractivity contribution in [3.63, 3.8) is 0 Å². The van der Waals surface area contributed by atoms with Gasteiger partial charge in [0.25, 0.3) is 0 Å². The molecule has 3 rings (SSSR count). The predicted molar refractivity (Wildman–Crippen MR) is 164 cm³/mol. The monoisotopic (exact) mass is 731 g/mol. The van der Waals surface area contributed by atoms with E-state index in [0.717, 1.165) is 39.3 Å².